The van der Waals surface area contributed by atoms with Gasteiger partial charge in [0, 0.05) is 33.8 Å². The number of nitrogens with zero attached hydrogens (tertiary/aromatic N) is 2. The first-order valence-electron chi connectivity index (χ1n) is 15.8. The molecular formula is C31H57N3O6S. The molecule has 1 N–H and O–H groups in total. The molecule has 0 saturated heterocycles. The van der Waals surface area contributed by atoms with Gasteiger partial charge in [0.25, 0.3) is 0 Å². The van der Waals surface area contributed by atoms with Gasteiger partial charge in [0.1, 0.15) is 19.3 Å². The highest BCUT2D eigenvalue weighted by Gasteiger charge is 2.27. The molecule has 3 amide bonds. The lowest BCUT2D eigenvalue weighted by molar-refractivity contribution is -0.127. The van der Waals surface area contributed by atoms with Crippen molar-refractivity contribution in [1.82, 2.24) is 15.1 Å². The van der Waals surface area contributed by atoms with E-state index in [1.54, 1.807) is 0 Å². The highest BCUT2D eigenvalue weighted by atomic mass is 32.2. The number of ether oxygens (including phenoxy) is 3. The molecule has 2 unspecified atom stereocenters. The molecule has 0 aromatic carbocycles. The summed E-state index contributed by atoms with van der Waals surface area (Å²) in [5, 5.41) is 4.63. The first-order chi connectivity index (χ1) is 19.9. The second-order valence-corrected chi connectivity index (χ2v) is 12.0. The van der Waals surface area contributed by atoms with Crippen molar-refractivity contribution in [3.8, 4) is 0 Å². The Labute approximate surface area is 253 Å². The van der Waals surface area contributed by atoms with Crippen LogP contribution in [0.2, 0.25) is 0 Å². The number of unbranched alkanes of at least 4 members (excludes halogenated alkanes) is 15. The number of carbonyl (C=O) groups excluding carboxylic acids is 3. The van der Waals surface area contributed by atoms with Gasteiger partial charge in [-0.25, -0.2) is 14.5 Å². The quantitative estimate of drug-likeness (QED) is 0.114. The molecule has 1 rings (SSSR count). The van der Waals surface area contributed by atoms with Crippen molar-refractivity contribution in [2.24, 2.45) is 0 Å². The summed E-state index contributed by atoms with van der Waals surface area (Å²) in [6.07, 6.45) is 21.0. The van der Waals surface area contributed by atoms with Crippen molar-refractivity contribution in [3.05, 3.63) is 11.6 Å². The second kappa shape index (κ2) is 24.6. The van der Waals surface area contributed by atoms with Crippen molar-refractivity contribution in [2.75, 3.05) is 40.5 Å². The maximum Gasteiger partial charge on any atom is 0.416 e. The summed E-state index contributed by atoms with van der Waals surface area (Å²) in [5.41, 5.74) is 0. The lowest BCUT2D eigenvalue weighted by Crippen LogP contribution is -2.44. The number of alkyl carbamates (subject to hydrolysis) is 1. The van der Waals surface area contributed by atoms with Crippen LogP contribution >= 0.6 is 11.8 Å². The Kier molecular flexibility index (Phi) is 22.3. The fourth-order valence-electron chi connectivity index (χ4n) is 4.58. The molecule has 0 aromatic heterocycles. The number of imide groups is 1. The first kappa shape index (κ1) is 37.1. The van der Waals surface area contributed by atoms with Crippen molar-refractivity contribution >= 4 is 29.9 Å². The number of likely N-dealkylation sites (N-methyl/N-ethyl adjacent to an activating group) is 1. The Bertz CT molecular complexity index is 739. The van der Waals surface area contributed by atoms with Crippen LogP contribution in [0.3, 0.4) is 0 Å². The number of thioether (sulfide) groups is 1. The van der Waals surface area contributed by atoms with Gasteiger partial charge in [0.15, 0.2) is 0 Å². The molecule has 0 saturated carbocycles. The predicted octanol–water partition coefficient (Wildman–Crippen LogP) is 7.45. The number of methoxy groups -OCH3 is 1. The number of carbonyl (C=O) groups is 3. The minimum absolute atomic E-state index is 0.0499. The van der Waals surface area contributed by atoms with E-state index in [4.69, 9.17) is 14.2 Å². The normalized spacial score (nSPS) is 15.1. The van der Waals surface area contributed by atoms with E-state index in [1.165, 1.54) is 116 Å². The lowest BCUT2D eigenvalue weighted by atomic mass is 10.0. The molecular weight excluding hydrogens is 542 g/mol. The van der Waals surface area contributed by atoms with Gasteiger partial charge in [-0.15, -0.1) is 11.8 Å². The van der Waals surface area contributed by atoms with E-state index in [-0.39, 0.29) is 25.1 Å². The highest BCUT2D eigenvalue weighted by molar-refractivity contribution is 8.02. The van der Waals surface area contributed by atoms with Crippen molar-refractivity contribution in [1.29, 1.82) is 0 Å². The number of nitrogens with one attached hydrogen (secondary N) is 1. The van der Waals surface area contributed by atoms with Gasteiger partial charge in [0.2, 0.25) is 5.91 Å². The number of rotatable bonds is 24. The minimum atomic E-state index is -0.742. The third kappa shape index (κ3) is 19.0. The third-order valence-corrected chi connectivity index (χ3v) is 8.43. The zero-order valence-corrected chi connectivity index (χ0v) is 27.0. The van der Waals surface area contributed by atoms with Gasteiger partial charge in [-0.3, -0.25) is 4.79 Å². The molecule has 0 radical (unpaired) electrons. The summed E-state index contributed by atoms with van der Waals surface area (Å²) in [6.45, 7) is 4.19. The van der Waals surface area contributed by atoms with Crippen LogP contribution in [0, 0.1) is 0 Å². The SMILES string of the molecule is CCCCCCCCCCCCCCCCCCNC(=O)OCC(COC(=O)N(CC1SC=CN1C)C(C)=O)OC. The summed E-state index contributed by atoms with van der Waals surface area (Å²) in [6, 6.07) is 0. The summed E-state index contributed by atoms with van der Waals surface area (Å²) in [5.74, 6) is -0.394. The molecule has 1 aliphatic rings. The predicted molar refractivity (Wildman–Crippen MR) is 167 cm³/mol. The van der Waals surface area contributed by atoms with E-state index in [9.17, 15) is 14.4 Å². The van der Waals surface area contributed by atoms with Crippen molar-refractivity contribution in [3.63, 3.8) is 0 Å². The summed E-state index contributed by atoms with van der Waals surface area (Å²) >= 11 is 1.53. The Morgan fingerprint density at radius 1 is 0.854 bits per heavy atom. The molecule has 1 heterocycles. The van der Waals surface area contributed by atoms with Crippen LogP contribution in [0.5, 0.6) is 0 Å². The Hall–Kier alpha value is -1.94. The van der Waals surface area contributed by atoms with Gasteiger partial charge in [-0.1, -0.05) is 103 Å². The molecule has 0 aromatic rings. The standard InChI is InChI=1S/C31H57N3O6S/c1-5-6-7-8-9-10-11-12-13-14-15-16-17-18-19-20-21-32-30(36)39-25-28(38-4)26-40-31(37)34(27(2)35)24-29-33(3)22-23-41-29/h22-23,28-29H,5-21,24-26H2,1-4H3,(H,32,36). The molecule has 0 fully saturated rings. The maximum atomic E-state index is 12.5. The van der Waals surface area contributed by atoms with Crippen LogP contribution < -0.4 is 5.32 Å². The number of hydrogen-bond acceptors (Lipinski definition) is 8. The zero-order chi connectivity index (χ0) is 30.1. The largest absolute Gasteiger partial charge is 0.447 e. The van der Waals surface area contributed by atoms with E-state index in [2.05, 4.69) is 12.2 Å². The summed E-state index contributed by atoms with van der Waals surface area (Å²) in [7, 11) is 3.34. The molecule has 238 valence electrons. The van der Waals surface area contributed by atoms with Crippen LogP contribution in [-0.2, 0) is 19.0 Å². The smallest absolute Gasteiger partial charge is 0.416 e. The topological polar surface area (TPSA) is 97.4 Å². The van der Waals surface area contributed by atoms with E-state index in [1.807, 2.05) is 23.6 Å². The first-order valence-corrected chi connectivity index (χ1v) is 16.8. The van der Waals surface area contributed by atoms with Crippen LogP contribution in [-0.4, -0.2) is 79.8 Å². The fraction of sp³-hybridized carbons (Fsp3) is 0.839. The van der Waals surface area contributed by atoms with E-state index >= 15 is 0 Å². The fourth-order valence-corrected chi connectivity index (χ4v) is 5.52. The third-order valence-electron chi connectivity index (χ3n) is 7.35. The number of amides is 3. The molecule has 0 aliphatic carbocycles. The second-order valence-electron chi connectivity index (χ2n) is 10.9. The Balaban J connectivity index is 2.00. The zero-order valence-electron chi connectivity index (χ0n) is 26.2. The van der Waals surface area contributed by atoms with E-state index in [0.29, 0.717) is 6.54 Å². The van der Waals surface area contributed by atoms with Crippen LogP contribution in [0.1, 0.15) is 117 Å². The summed E-state index contributed by atoms with van der Waals surface area (Å²) in [4.78, 5) is 39.5. The van der Waals surface area contributed by atoms with Gasteiger partial charge in [-0.05, 0) is 11.8 Å². The highest BCUT2D eigenvalue weighted by Crippen LogP contribution is 2.24. The maximum absolute atomic E-state index is 12.5. The molecule has 1 aliphatic heterocycles. The molecule has 0 spiro atoms. The van der Waals surface area contributed by atoms with Crippen LogP contribution in [0.4, 0.5) is 9.59 Å². The molecule has 10 heteroatoms. The molecule has 41 heavy (non-hydrogen) atoms. The van der Waals surface area contributed by atoms with Gasteiger partial charge >= 0.3 is 12.2 Å². The summed E-state index contributed by atoms with van der Waals surface area (Å²) < 4.78 is 15.8. The van der Waals surface area contributed by atoms with E-state index < -0.39 is 24.2 Å². The molecule has 2 atom stereocenters. The van der Waals surface area contributed by atoms with Gasteiger partial charge in [0.05, 0.1) is 11.9 Å². The monoisotopic (exact) mass is 599 g/mol. The van der Waals surface area contributed by atoms with E-state index in [0.717, 1.165) is 17.7 Å². The Morgan fingerprint density at radius 2 is 1.37 bits per heavy atom. The molecule has 0 bridgehead atoms. The molecule has 9 nitrogen and oxygen atoms in total. The van der Waals surface area contributed by atoms with Crippen LogP contribution in [0.25, 0.3) is 0 Å². The van der Waals surface area contributed by atoms with Gasteiger partial charge in [-0.2, -0.15) is 0 Å². The average molecular weight is 600 g/mol. The van der Waals surface area contributed by atoms with Gasteiger partial charge < -0.3 is 24.4 Å². The van der Waals surface area contributed by atoms with Crippen molar-refractivity contribution in [2.45, 2.75) is 128 Å². The minimum Gasteiger partial charge on any atom is -0.447 e. The Morgan fingerprint density at radius 3 is 1.83 bits per heavy atom. The van der Waals surface area contributed by atoms with Crippen LogP contribution in [0.15, 0.2) is 11.6 Å². The number of hydrogen-bond donors (Lipinski definition) is 1. The lowest BCUT2D eigenvalue weighted by Gasteiger charge is -2.26. The average Bonchev–Trinajstić information content (AvgIpc) is 3.37. The van der Waals surface area contributed by atoms with Crippen molar-refractivity contribution < 1.29 is 28.6 Å².